The number of nitrogens with zero attached hydrogens (tertiary/aromatic N) is 2. The molecule has 1 unspecified atom stereocenters. The van der Waals surface area contributed by atoms with Gasteiger partial charge < -0.3 is 20.6 Å². The van der Waals surface area contributed by atoms with Crippen LogP contribution in [0.15, 0.2) is 24.3 Å². The van der Waals surface area contributed by atoms with Crippen molar-refractivity contribution in [3.8, 4) is 0 Å². The molecule has 0 spiro atoms. The lowest BCUT2D eigenvalue weighted by atomic mass is 10.1. The Hall–Kier alpha value is -1.26. The topological polar surface area (TPSA) is 52.7 Å². The van der Waals surface area contributed by atoms with Crippen molar-refractivity contribution < 1.29 is 5.11 Å². The van der Waals surface area contributed by atoms with Crippen molar-refractivity contribution in [2.24, 2.45) is 5.73 Å². The van der Waals surface area contributed by atoms with E-state index in [0.717, 1.165) is 26.1 Å². The highest BCUT2D eigenvalue weighted by atomic mass is 16.3. The molecule has 4 heteroatoms. The number of hydrogen-bond acceptors (Lipinski definition) is 4. The fourth-order valence-electron chi connectivity index (χ4n) is 2.21. The number of aliphatic hydroxyl groups is 1. The van der Waals surface area contributed by atoms with E-state index in [0.29, 0.717) is 0 Å². The third-order valence-corrected chi connectivity index (χ3v) is 3.34. The number of benzene rings is 1. The summed E-state index contributed by atoms with van der Waals surface area (Å²) >= 11 is 0. The standard InChI is InChI=1S/C13H21N3O/c1-15-8-9-16(7-6-11(14)10-17)13-5-3-2-4-12(13)15/h2-5,11,17H,6-10,14H2,1H3. The molecule has 1 atom stereocenters. The lowest BCUT2D eigenvalue weighted by Crippen LogP contribution is -2.41. The molecular weight excluding hydrogens is 214 g/mol. The summed E-state index contributed by atoms with van der Waals surface area (Å²) in [5, 5.41) is 8.95. The highest BCUT2D eigenvalue weighted by Crippen LogP contribution is 2.31. The molecule has 0 aliphatic carbocycles. The third kappa shape index (κ3) is 2.70. The minimum absolute atomic E-state index is 0.0649. The number of nitrogens with two attached hydrogens (primary N) is 1. The highest BCUT2D eigenvalue weighted by Gasteiger charge is 2.19. The van der Waals surface area contributed by atoms with Crippen LogP contribution in [0.1, 0.15) is 6.42 Å². The summed E-state index contributed by atoms with van der Waals surface area (Å²) in [5.74, 6) is 0. The van der Waals surface area contributed by atoms with E-state index < -0.39 is 0 Å². The molecule has 0 aromatic heterocycles. The Morgan fingerprint density at radius 2 is 2.00 bits per heavy atom. The second kappa shape index (κ2) is 5.38. The maximum absolute atomic E-state index is 8.95. The fourth-order valence-corrected chi connectivity index (χ4v) is 2.21. The molecule has 1 aromatic rings. The summed E-state index contributed by atoms with van der Waals surface area (Å²) in [6.45, 7) is 3.03. The van der Waals surface area contributed by atoms with Gasteiger partial charge in [-0.1, -0.05) is 12.1 Å². The number of rotatable bonds is 4. The smallest absolute Gasteiger partial charge is 0.0604 e. The van der Waals surface area contributed by atoms with Crippen molar-refractivity contribution >= 4 is 11.4 Å². The number of para-hydroxylation sites is 2. The second-order valence-electron chi connectivity index (χ2n) is 4.63. The Balaban J connectivity index is 2.08. The Morgan fingerprint density at radius 1 is 1.29 bits per heavy atom. The largest absolute Gasteiger partial charge is 0.395 e. The summed E-state index contributed by atoms with van der Waals surface area (Å²) in [6.07, 6.45) is 0.828. The molecule has 17 heavy (non-hydrogen) atoms. The molecule has 1 aliphatic rings. The molecule has 94 valence electrons. The van der Waals surface area contributed by atoms with Crippen LogP contribution in [0.2, 0.25) is 0 Å². The van der Waals surface area contributed by atoms with Crippen molar-refractivity contribution in [2.45, 2.75) is 12.5 Å². The third-order valence-electron chi connectivity index (χ3n) is 3.34. The molecule has 0 amide bonds. The number of hydrogen-bond donors (Lipinski definition) is 2. The van der Waals surface area contributed by atoms with Gasteiger partial charge in [0.15, 0.2) is 0 Å². The maximum atomic E-state index is 8.95. The molecule has 0 saturated heterocycles. The number of aliphatic hydroxyl groups excluding tert-OH is 1. The van der Waals surface area contributed by atoms with Crippen LogP contribution in [0, 0.1) is 0 Å². The van der Waals surface area contributed by atoms with Gasteiger partial charge in [-0.3, -0.25) is 0 Å². The molecule has 1 aliphatic heterocycles. The van der Waals surface area contributed by atoms with E-state index in [1.165, 1.54) is 11.4 Å². The van der Waals surface area contributed by atoms with E-state index in [4.69, 9.17) is 10.8 Å². The van der Waals surface area contributed by atoms with E-state index in [9.17, 15) is 0 Å². The van der Waals surface area contributed by atoms with E-state index in [-0.39, 0.29) is 12.6 Å². The lowest BCUT2D eigenvalue weighted by molar-refractivity contribution is 0.260. The van der Waals surface area contributed by atoms with Gasteiger partial charge >= 0.3 is 0 Å². The van der Waals surface area contributed by atoms with Crippen LogP contribution in [-0.2, 0) is 0 Å². The predicted octanol–water partition coefficient (Wildman–Crippen LogP) is 0.653. The molecule has 4 nitrogen and oxygen atoms in total. The first-order valence-corrected chi connectivity index (χ1v) is 6.14. The van der Waals surface area contributed by atoms with E-state index >= 15 is 0 Å². The van der Waals surface area contributed by atoms with Crippen LogP contribution in [0.4, 0.5) is 11.4 Å². The lowest BCUT2D eigenvalue weighted by Gasteiger charge is -2.37. The molecule has 0 radical (unpaired) electrons. The minimum Gasteiger partial charge on any atom is -0.395 e. The molecule has 1 aromatic carbocycles. The van der Waals surface area contributed by atoms with Gasteiger partial charge in [0.2, 0.25) is 0 Å². The molecular formula is C13H21N3O. The monoisotopic (exact) mass is 235 g/mol. The van der Waals surface area contributed by atoms with Gasteiger partial charge in [-0.25, -0.2) is 0 Å². The van der Waals surface area contributed by atoms with Crippen molar-refractivity contribution in [2.75, 3.05) is 43.1 Å². The van der Waals surface area contributed by atoms with E-state index in [1.807, 2.05) is 0 Å². The van der Waals surface area contributed by atoms with Crippen molar-refractivity contribution in [1.29, 1.82) is 0 Å². The van der Waals surface area contributed by atoms with Crippen LogP contribution < -0.4 is 15.5 Å². The van der Waals surface area contributed by atoms with Crippen LogP contribution in [0.5, 0.6) is 0 Å². The summed E-state index contributed by atoms with van der Waals surface area (Å²) < 4.78 is 0. The Bertz CT molecular complexity index is 369. The molecule has 2 rings (SSSR count). The van der Waals surface area contributed by atoms with Crippen molar-refractivity contribution in [3.05, 3.63) is 24.3 Å². The Kier molecular flexibility index (Phi) is 3.86. The Labute approximate surface area is 103 Å². The molecule has 3 N–H and O–H groups in total. The van der Waals surface area contributed by atoms with Gasteiger partial charge in [0.25, 0.3) is 0 Å². The molecule has 0 saturated carbocycles. The first-order valence-electron chi connectivity index (χ1n) is 6.14. The van der Waals surface area contributed by atoms with Gasteiger partial charge in [0.1, 0.15) is 0 Å². The summed E-state index contributed by atoms with van der Waals surface area (Å²) in [6, 6.07) is 8.32. The van der Waals surface area contributed by atoms with Gasteiger partial charge in [0, 0.05) is 32.7 Å². The van der Waals surface area contributed by atoms with Gasteiger partial charge in [-0.15, -0.1) is 0 Å². The number of fused-ring (bicyclic) bond motifs is 1. The highest BCUT2D eigenvalue weighted by molar-refractivity contribution is 5.72. The van der Waals surface area contributed by atoms with E-state index in [1.54, 1.807) is 0 Å². The summed E-state index contributed by atoms with van der Waals surface area (Å²) in [7, 11) is 2.12. The van der Waals surface area contributed by atoms with Gasteiger partial charge in [0.05, 0.1) is 18.0 Å². The number of likely N-dealkylation sites (N-methyl/N-ethyl adjacent to an activating group) is 1. The second-order valence-corrected chi connectivity index (χ2v) is 4.63. The Morgan fingerprint density at radius 3 is 2.71 bits per heavy atom. The normalized spacial score (nSPS) is 16.9. The van der Waals surface area contributed by atoms with Gasteiger partial charge in [-0.2, -0.15) is 0 Å². The van der Waals surface area contributed by atoms with Crippen LogP contribution >= 0.6 is 0 Å². The van der Waals surface area contributed by atoms with Crippen molar-refractivity contribution in [1.82, 2.24) is 0 Å². The first kappa shape index (κ1) is 12.2. The van der Waals surface area contributed by atoms with E-state index in [2.05, 4.69) is 41.1 Å². The maximum Gasteiger partial charge on any atom is 0.0604 e. The average molecular weight is 235 g/mol. The number of anilines is 2. The minimum atomic E-state index is -0.109. The quantitative estimate of drug-likeness (QED) is 0.804. The SMILES string of the molecule is CN1CCN(CCC(N)CO)c2ccccc21. The zero-order valence-electron chi connectivity index (χ0n) is 10.3. The zero-order valence-corrected chi connectivity index (χ0v) is 10.3. The molecule has 1 heterocycles. The molecule has 0 bridgehead atoms. The van der Waals surface area contributed by atoms with Crippen LogP contribution in [0.3, 0.4) is 0 Å². The zero-order chi connectivity index (χ0) is 12.3. The first-order chi connectivity index (χ1) is 8.22. The molecule has 0 fully saturated rings. The van der Waals surface area contributed by atoms with Crippen molar-refractivity contribution in [3.63, 3.8) is 0 Å². The fraction of sp³-hybridized carbons (Fsp3) is 0.538. The van der Waals surface area contributed by atoms with Crippen LogP contribution in [-0.4, -0.2) is 44.4 Å². The average Bonchev–Trinajstić information content (AvgIpc) is 2.38. The summed E-state index contributed by atoms with van der Waals surface area (Å²) in [4.78, 5) is 4.63. The predicted molar refractivity (Wildman–Crippen MR) is 71.6 cm³/mol. The summed E-state index contributed by atoms with van der Waals surface area (Å²) in [5.41, 5.74) is 8.29. The van der Waals surface area contributed by atoms with Gasteiger partial charge in [-0.05, 0) is 18.6 Å². The van der Waals surface area contributed by atoms with Crippen LogP contribution in [0.25, 0.3) is 0 Å².